The molecule has 6 nitrogen and oxygen atoms in total. The van der Waals surface area contributed by atoms with Gasteiger partial charge in [-0.15, -0.1) is 0 Å². The van der Waals surface area contributed by atoms with E-state index in [1.165, 1.54) is 6.26 Å². The van der Waals surface area contributed by atoms with Gasteiger partial charge in [0.25, 0.3) is 5.91 Å². The van der Waals surface area contributed by atoms with Crippen LogP contribution < -0.4 is 0 Å². The van der Waals surface area contributed by atoms with Gasteiger partial charge in [-0.25, -0.2) is 0 Å². The predicted molar refractivity (Wildman–Crippen MR) is 85.9 cm³/mol. The first-order valence-electron chi connectivity index (χ1n) is 8.14. The van der Waals surface area contributed by atoms with Crippen molar-refractivity contribution < 1.29 is 14.0 Å². The van der Waals surface area contributed by atoms with Gasteiger partial charge in [0.2, 0.25) is 5.91 Å². The maximum atomic E-state index is 12.9. The number of hydrogen-bond acceptors (Lipinski definition) is 4. The summed E-state index contributed by atoms with van der Waals surface area (Å²) >= 11 is 0. The van der Waals surface area contributed by atoms with Gasteiger partial charge in [-0.3, -0.25) is 14.5 Å². The lowest BCUT2D eigenvalue weighted by Gasteiger charge is -2.31. The molecule has 0 N–H and O–H groups in total. The van der Waals surface area contributed by atoms with Crippen molar-refractivity contribution in [2.75, 3.05) is 40.3 Å². The van der Waals surface area contributed by atoms with Crippen LogP contribution >= 0.6 is 0 Å². The molecular formula is C17H25N3O3. The number of fused-ring (bicyclic) bond motifs is 1. The zero-order valence-corrected chi connectivity index (χ0v) is 14.3. The molecule has 0 aromatic carbocycles. The summed E-state index contributed by atoms with van der Waals surface area (Å²) in [7, 11) is 3.59. The number of rotatable bonds is 3. The van der Waals surface area contributed by atoms with Crippen LogP contribution in [-0.2, 0) is 4.79 Å². The number of likely N-dealkylation sites (tertiary alicyclic amines) is 2. The van der Waals surface area contributed by atoms with Gasteiger partial charge >= 0.3 is 0 Å². The zero-order valence-electron chi connectivity index (χ0n) is 14.3. The summed E-state index contributed by atoms with van der Waals surface area (Å²) < 4.78 is 5.23. The molecule has 1 aromatic heterocycles. The van der Waals surface area contributed by atoms with E-state index in [2.05, 4.69) is 18.7 Å². The average molecular weight is 319 g/mol. The van der Waals surface area contributed by atoms with E-state index in [-0.39, 0.29) is 17.7 Å². The van der Waals surface area contributed by atoms with Crippen molar-refractivity contribution >= 4 is 11.8 Å². The summed E-state index contributed by atoms with van der Waals surface area (Å²) in [6.07, 6.45) is 1.51. The molecule has 0 bridgehead atoms. The summed E-state index contributed by atoms with van der Waals surface area (Å²) in [5.41, 5.74) is -0.490. The third-order valence-electron chi connectivity index (χ3n) is 5.22. The highest BCUT2D eigenvalue weighted by molar-refractivity contribution is 5.93. The maximum Gasteiger partial charge on any atom is 0.289 e. The molecule has 2 aliphatic heterocycles. The van der Waals surface area contributed by atoms with Crippen LogP contribution in [0.25, 0.3) is 0 Å². The lowest BCUT2D eigenvalue weighted by molar-refractivity contribution is -0.139. The summed E-state index contributed by atoms with van der Waals surface area (Å²) in [5, 5.41) is 0. The summed E-state index contributed by atoms with van der Waals surface area (Å²) in [6.45, 7) is 6.97. The van der Waals surface area contributed by atoms with Gasteiger partial charge in [-0.05, 0) is 26.0 Å². The molecule has 2 amide bonds. The van der Waals surface area contributed by atoms with Crippen molar-refractivity contribution in [1.82, 2.24) is 14.7 Å². The second-order valence-electron chi connectivity index (χ2n) is 7.24. The van der Waals surface area contributed by atoms with Gasteiger partial charge in [0.05, 0.1) is 11.7 Å². The zero-order chi connectivity index (χ0) is 16.8. The van der Waals surface area contributed by atoms with Crippen LogP contribution in [0.2, 0.25) is 0 Å². The standard InChI is InChI=1S/C17H25N3O3/c1-12(2)19-8-13-9-20(15(21)14-6-5-7-23-14)11-17(13,10-19)16(22)18(3)4/h5-7,12-13H,8-11H2,1-4H3/t13-,17-/m0/s1. The first kappa shape index (κ1) is 16.1. The van der Waals surface area contributed by atoms with E-state index in [0.717, 1.165) is 6.54 Å². The van der Waals surface area contributed by atoms with Crippen LogP contribution in [0.3, 0.4) is 0 Å². The molecule has 0 unspecified atom stereocenters. The number of furan rings is 1. The minimum absolute atomic E-state index is 0.119. The number of hydrogen-bond donors (Lipinski definition) is 0. The highest BCUT2D eigenvalue weighted by atomic mass is 16.3. The Morgan fingerprint density at radius 1 is 1.30 bits per heavy atom. The monoisotopic (exact) mass is 319 g/mol. The normalized spacial score (nSPS) is 27.5. The van der Waals surface area contributed by atoms with Crippen molar-refractivity contribution in [3.05, 3.63) is 24.2 Å². The van der Waals surface area contributed by atoms with Gasteiger partial charge < -0.3 is 14.2 Å². The number of carbonyl (C=O) groups is 2. The molecule has 23 heavy (non-hydrogen) atoms. The Hall–Kier alpha value is -1.82. The Balaban J connectivity index is 1.86. The van der Waals surface area contributed by atoms with Gasteiger partial charge in [0.1, 0.15) is 0 Å². The number of amides is 2. The Morgan fingerprint density at radius 3 is 2.61 bits per heavy atom. The lowest BCUT2D eigenvalue weighted by atomic mass is 9.79. The van der Waals surface area contributed by atoms with Crippen molar-refractivity contribution in [2.45, 2.75) is 19.9 Å². The van der Waals surface area contributed by atoms with Gasteiger partial charge in [0, 0.05) is 52.2 Å². The fourth-order valence-electron chi connectivity index (χ4n) is 3.96. The molecule has 0 radical (unpaired) electrons. The van der Waals surface area contributed by atoms with Gasteiger partial charge in [0.15, 0.2) is 5.76 Å². The fourth-order valence-corrected chi connectivity index (χ4v) is 3.96. The SMILES string of the molecule is CC(C)N1C[C@H]2CN(C(=O)c3ccco3)C[C@@]2(C(=O)N(C)C)C1. The highest BCUT2D eigenvalue weighted by Gasteiger charge is 2.58. The lowest BCUT2D eigenvalue weighted by Crippen LogP contribution is -2.48. The van der Waals surface area contributed by atoms with Crippen molar-refractivity contribution in [3.8, 4) is 0 Å². The second-order valence-corrected chi connectivity index (χ2v) is 7.24. The topological polar surface area (TPSA) is 57.0 Å². The fraction of sp³-hybridized carbons (Fsp3) is 0.647. The molecule has 126 valence electrons. The summed E-state index contributed by atoms with van der Waals surface area (Å²) in [5.74, 6) is 0.531. The quantitative estimate of drug-likeness (QED) is 0.839. The molecule has 1 aromatic rings. The second kappa shape index (κ2) is 5.67. The van der Waals surface area contributed by atoms with Crippen LogP contribution in [-0.4, -0.2) is 72.8 Å². The molecule has 2 fully saturated rings. The highest BCUT2D eigenvalue weighted by Crippen LogP contribution is 2.44. The van der Waals surface area contributed by atoms with Crippen LogP contribution in [0.4, 0.5) is 0 Å². The van der Waals surface area contributed by atoms with Crippen molar-refractivity contribution in [2.24, 2.45) is 11.3 Å². The van der Waals surface area contributed by atoms with E-state index in [4.69, 9.17) is 4.42 Å². The molecular weight excluding hydrogens is 294 g/mol. The van der Waals surface area contributed by atoms with E-state index in [0.29, 0.717) is 31.4 Å². The molecule has 3 heterocycles. The molecule has 0 spiro atoms. The third kappa shape index (κ3) is 2.55. The average Bonchev–Trinajstić information content (AvgIpc) is 3.19. The van der Waals surface area contributed by atoms with E-state index in [1.807, 2.05) is 0 Å². The molecule has 6 heteroatoms. The van der Waals surface area contributed by atoms with Gasteiger partial charge in [-0.2, -0.15) is 0 Å². The van der Waals surface area contributed by atoms with Crippen molar-refractivity contribution in [3.63, 3.8) is 0 Å². The summed E-state index contributed by atoms with van der Waals surface area (Å²) in [4.78, 5) is 31.3. The Kier molecular flexibility index (Phi) is 3.96. The first-order valence-corrected chi connectivity index (χ1v) is 8.14. The van der Waals surface area contributed by atoms with Crippen LogP contribution in [0.5, 0.6) is 0 Å². The minimum atomic E-state index is -0.490. The van der Waals surface area contributed by atoms with Gasteiger partial charge in [-0.1, -0.05) is 0 Å². The third-order valence-corrected chi connectivity index (χ3v) is 5.22. The van der Waals surface area contributed by atoms with Crippen LogP contribution in [0.15, 0.2) is 22.8 Å². The maximum absolute atomic E-state index is 12.9. The molecule has 0 aliphatic carbocycles. The Morgan fingerprint density at radius 2 is 2.04 bits per heavy atom. The van der Waals surface area contributed by atoms with E-state index < -0.39 is 5.41 Å². The molecule has 0 saturated carbocycles. The Labute approximate surface area is 137 Å². The molecule has 2 aliphatic rings. The predicted octanol–water partition coefficient (Wildman–Crippen LogP) is 1.15. The summed E-state index contributed by atoms with van der Waals surface area (Å²) in [6, 6.07) is 3.80. The first-order chi connectivity index (χ1) is 10.8. The molecule has 2 saturated heterocycles. The smallest absolute Gasteiger partial charge is 0.289 e. The van der Waals surface area contributed by atoms with Crippen LogP contribution in [0.1, 0.15) is 24.4 Å². The molecule has 2 atom stereocenters. The van der Waals surface area contributed by atoms with E-state index >= 15 is 0 Å². The number of nitrogens with zero attached hydrogens (tertiary/aromatic N) is 3. The van der Waals surface area contributed by atoms with E-state index in [1.54, 1.807) is 36.0 Å². The largest absolute Gasteiger partial charge is 0.459 e. The van der Waals surface area contributed by atoms with E-state index in [9.17, 15) is 9.59 Å². The van der Waals surface area contributed by atoms with Crippen LogP contribution in [0, 0.1) is 11.3 Å². The van der Waals surface area contributed by atoms with Crippen molar-refractivity contribution in [1.29, 1.82) is 0 Å². The Bertz CT molecular complexity index is 596. The molecule has 3 rings (SSSR count). The number of carbonyl (C=O) groups excluding carboxylic acids is 2. The minimum Gasteiger partial charge on any atom is -0.459 e.